The average molecular weight is 437 g/mol. The van der Waals surface area contributed by atoms with Crippen molar-refractivity contribution < 1.29 is 19.1 Å². The number of amides is 1. The summed E-state index contributed by atoms with van der Waals surface area (Å²) in [6.07, 6.45) is 0.747. The van der Waals surface area contributed by atoms with E-state index in [0.717, 1.165) is 30.0 Å². The van der Waals surface area contributed by atoms with Gasteiger partial charge in [0, 0.05) is 23.0 Å². The first-order valence-corrected chi connectivity index (χ1v) is 10.7. The number of carbonyl (C=O) groups excluding carboxylic acids is 2. The molecule has 0 spiro atoms. The van der Waals surface area contributed by atoms with Gasteiger partial charge in [0.15, 0.2) is 5.60 Å². The van der Waals surface area contributed by atoms with Gasteiger partial charge >= 0.3 is 5.97 Å². The highest BCUT2D eigenvalue weighted by Gasteiger charge is 2.34. The van der Waals surface area contributed by atoms with E-state index in [1.54, 1.807) is 45.0 Å². The van der Waals surface area contributed by atoms with Gasteiger partial charge in [-0.2, -0.15) is 0 Å². The highest BCUT2D eigenvalue weighted by molar-refractivity contribution is 7.17. The van der Waals surface area contributed by atoms with Gasteiger partial charge in [0.25, 0.3) is 5.91 Å². The summed E-state index contributed by atoms with van der Waals surface area (Å²) in [5, 5.41) is 4.01. The molecule has 1 aromatic heterocycles. The lowest BCUT2D eigenvalue weighted by atomic mass is 10.0. The highest BCUT2D eigenvalue weighted by atomic mass is 35.5. The summed E-state index contributed by atoms with van der Waals surface area (Å²) >= 11 is 7.33. The summed E-state index contributed by atoms with van der Waals surface area (Å²) in [6, 6.07) is 6.82. The van der Waals surface area contributed by atoms with Crippen LogP contribution in [0.4, 0.5) is 5.00 Å². The van der Waals surface area contributed by atoms with Gasteiger partial charge in [0.2, 0.25) is 0 Å². The fraction of sp³-hybridized carbons (Fsp3) is 0.429. The molecule has 1 aromatic carbocycles. The van der Waals surface area contributed by atoms with Crippen molar-refractivity contribution in [1.29, 1.82) is 0 Å². The van der Waals surface area contributed by atoms with Gasteiger partial charge < -0.3 is 19.7 Å². The van der Waals surface area contributed by atoms with Crippen molar-refractivity contribution in [3.8, 4) is 5.75 Å². The predicted molar refractivity (Wildman–Crippen MR) is 115 cm³/mol. The lowest BCUT2D eigenvalue weighted by Crippen LogP contribution is -2.42. The van der Waals surface area contributed by atoms with Crippen LogP contribution in [0, 0.1) is 0 Å². The summed E-state index contributed by atoms with van der Waals surface area (Å²) in [5.41, 5.74) is 0.287. The number of esters is 1. The van der Waals surface area contributed by atoms with Crippen LogP contribution in [0.3, 0.4) is 0 Å². The molecule has 2 heterocycles. The molecule has 0 bridgehead atoms. The minimum absolute atomic E-state index is 0.280. The molecule has 1 aliphatic rings. The Hall–Kier alpha value is -2.09. The number of hydrogen-bond donors (Lipinski definition) is 1. The van der Waals surface area contributed by atoms with Gasteiger partial charge in [-0.3, -0.25) is 4.79 Å². The van der Waals surface area contributed by atoms with Gasteiger partial charge in [0.05, 0.1) is 12.2 Å². The molecule has 1 amide bonds. The van der Waals surface area contributed by atoms with Crippen LogP contribution < -0.4 is 10.1 Å². The largest absolute Gasteiger partial charge is 0.478 e. The van der Waals surface area contributed by atoms with E-state index in [2.05, 4.69) is 10.2 Å². The molecule has 6 nitrogen and oxygen atoms in total. The van der Waals surface area contributed by atoms with Crippen LogP contribution in [0.5, 0.6) is 5.75 Å². The van der Waals surface area contributed by atoms with E-state index in [1.165, 1.54) is 11.3 Å². The number of carbonyl (C=O) groups is 2. The highest BCUT2D eigenvalue weighted by Crippen LogP contribution is 2.38. The quantitative estimate of drug-likeness (QED) is 0.681. The van der Waals surface area contributed by atoms with E-state index in [9.17, 15) is 9.59 Å². The Labute approximate surface area is 179 Å². The Morgan fingerprint density at radius 3 is 2.62 bits per heavy atom. The van der Waals surface area contributed by atoms with Crippen molar-refractivity contribution in [3.63, 3.8) is 0 Å². The van der Waals surface area contributed by atoms with Gasteiger partial charge in [-0.1, -0.05) is 11.6 Å². The third-order valence-electron chi connectivity index (χ3n) is 4.69. The maximum absolute atomic E-state index is 13.0. The van der Waals surface area contributed by atoms with Crippen LogP contribution in [0.1, 0.15) is 41.6 Å². The Morgan fingerprint density at radius 2 is 1.97 bits per heavy atom. The van der Waals surface area contributed by atoms with Crippen molar-refractivity contribution in [3.05, 3.63) is 45.3 Å². The Kier molecular flexibility index (Phi) is 6.51. The Morgan fingerprint density at radius 1 is 1.28 bits per heavy atom. The topological polar surface area (TPSA) is 67.9 Å². The van der Waals surface area contributed by atoms with Crippen molar-refractivity contribution >= 4 is 39.8 Å². The second-order valence-electron chi connectivity index (χ2n) is 7.44. The number of thiophene rings is 1. The summed E-state index contributed by atoms with van der Waals surface area (Å²) in [7, 11) is 2.04. The molecule has 0 fully saturated rings. The summed E-state index contributed by atoms with van der Waals surface area (Å²) in [6.45, 7) is 7.01. The number of nitrogens with zero attached hydrogens (tertiary/aromatic N) is 1. The van der Waals surface area contributed by atoms with Gasteiger partial charge in [-0.15, -0.1) is 11.3 Å². The third kappa shape index (κ3) is 4.91. The second-order valence-corrected chi connectivity index (χ2v) is 8.98. The molecule has 0 atom stereocenters. The van der Waals surface area contributed by atoms with Crippen molar-refractivity contribution in [2.75, 3.05) is 25.5 Å². The number of halogens is 1. The molecule has 8 heteroatoms. The molecular weight excluding hydrogens is 412 g/mol. The van der Waals surface area contributed by atoms with Crippen molar-refractivity contribution in [2.24, 2.45) is 0 Å². The van der Waals surface area contributed by atoms with Gasteiger partial charge in [0.1, 0.15) is 10.8 Å². The predicted octanol–water partition coefficient (Wildman–Crippen LogP) is 4.36. The number of anilines is 1. The number of rotatable bonds is 6. The summed E-state index contributed by atoms with van der Waals surface area (Å²) in [5.74, 6) is -0.210. The summed E-state index contributed by atoms with van der Waals surface area (Å²) < 4.78 is 11.1. The summed E-state index contributed by atoms with van der Waals surface area (Å²) in [4.78, 5) is 28.9. The molecule has 0 unspecified atom stereocenters. The monoisotopic (exact) mass is 436 g/mol. The molecule has 3 rings (SSSR count). The standard InChI is InChI=1S/C21H25ClN2O4S/c1-5-27-19(25)17-15-10-11-24(4)12-16(15)29-18(17)23-20(26)21(2,3)28-14-8-6-13(22)7-9-14/h6-9H,5,10-12H2,1-4H3,(H,23,26). The van der Waals surface area contributed by atoms with Crippen LogP contribution >= 0.6 is 22.9 Å². The van der Waals surface area contributed by atoms with E-state index >= 15 is 0 Å². The first-order valence-electron chi connectivity index (χ1n) is 9.47. The van der Waals surface area contributed by atoms with E-state index in [4.69, 9.17) is 21.1 Å². The van der Waals surface area contributed by atoms with Crippen LogP contribution in [0.25, 0.3) is 0 Å². The van der Waals surface area contributed by atoms with E-state index < -0.39 is 11.6 Å². The zero-order chi connectivity index (χ0) is 21.2. The number of ether oxygens (including phenoxy) is 2. The molecule has 29 heavy (non-hydrogen) atoms. The normalized spacial score (nSPS) is 14.2. The molecule has 0 aliphatic carbocycles. The molecular formula is C21H25ClN2O4S. The molecule has 156 valence electrons. The molecule has 1 N–H and O–H groups in total. The first kappa shape index (κ1) is 21.6. The van der Waals surface area contributed by atoms with Crippen molar-refractivity contribution in [1.82, 2.24) is 4.90 Å². The van der Waals surface area contributed by atoms with Crippen LogP contribution in [0.15, 0.2) is 24.3 Å². The van der Waals surface area contributed by atoms with Crippen LogP contribution in [0.2, 0.25) is 5.02 Å². The zero-order valence-electron chi connectivity index (χ0n) is 17.0. The zero-order valence-corrected chi connectivity index (χ0v) is 18.6. The second kappa shape index (κ2) is 8.73. The molecule has 0 saturated heterocycles. The van der Waals surface area contributed by atoms with E-state index in [1.807, 2.05) is 7.05 Å². The lowest BCUT2D eigenvalue weighted by Gasteiger charge is -2.25. The fourth-order valence-corrected chi connectivity index (χ4v) is 4.57. The van der Waals surface area contributed by atoms with Crippen molar-refractivity contribution in [2.45, 2.75) is 39.3 Å². The minimum atomic E-state index is -1.15. The maximum Gasteiger partial charge on any atom is 0.341 e. The lowest BCUT2D eigenvalue weighted by molar-refractivity contribution is -0.128. The van der Waals surface area contributed by atoms with E-state index in [0.29, 0.717) is 21.3 Å². The molecule has 2 aromatic rings. The number of benzene rings is 1. The minimum Gasteiger partial charge on any atom is -0.478 e. The number of nitrogens with one attached hydrogen (secondary N) is 1. The smallest absolute Gasteiger partial charge is 0.341 e. The number of fused-ring (bicyclic) bond motifs is 1. The molecule has 1 aliphatic heterocycles. The van der Waals surface area contributed by atoms with Crippen LogP contribution in [-0.4, -0.2) is 42.6 Å². The van der Waals surface area contributed by atoms with Crippen LogP contribution in [-0.2, 0) is 22.5 Å². The SMILES string of the molecule is CCOC(=O)c1c(NC(=O)C(C)(C)Oc2ccc(Cl)cc2)sc2c1CCN(C)C2. The number of likely N-dealkylation sites (N-methyl/N-ethyl adjacent to an activating group) is 1. The number of hydrogen-bond acceptors (Lipinski definition) is 6. The fourth-order valence-electron chi connectivity index (χ4n) is 3.14. The first-order chi connectivity index (χ1) is 13.7. The molecule has 0 radical (unpaired) electrons. The average Bonchev–Trinajstić information content (AvgIpc) is 3.00. The Bertz CT molecular complexity index is 908. The van der Waals surface area contributed by atoms with Gasteiger partial charge in [-0.05, 0) is 64.1 Å². The van der Waals surface area contributed by atoms with Gasteiger partial charge in [-0.25, -0.2) is 4.79 Å². The Balaban J connectivity index is 1.85. The maximum atomic E-state index is 13.0. The third-order valence-corrected chi connectivity index (χ3v) is 6.07. The molecule has 0 saturated carbocycles. The van der Waals surface area contributed by atoms with E-state index in [-0.39, 0.29) is 12.5 Å².